The molecule has 4 aromatic rings. The van der Waals surface area contributed by atoms with E-state index in [1.165, 1.54) is 19.3 Å². The Kier molecular flexibility index (Phi) is 6.78. The molecule has 0 amide bonds. The van der Waals surface area contributed by atoms with Gasteiger partial charge in [0.05, 0.1) is 23.0 Å². The molecule has 3 aromatic heterocycles. The van der Waals surface area contributed by atoms with Crippen LogP contribution in [-0.4, -0.2) is 26.6 Å². The van der Waals surface area contributed by atoms with Crippen LogP contribution in [0.15, 0.2) is 54.9 Å². The molecule has 0 unspecified atom stereocenters. The van der Waals surface area contributed by atoms with Crippen LogP contribution in [0.25, 0.3) is 16.9 Å². The van der Waals surface area contributed by atoms with E-state index in [1.54, 1.807) is 6.07 Å². The smallest absolute Gasteiger partial charge is 0.384 e. The lowest BCUT2D eigenvalue weighted by Gasteiger charge is -2.12. The highest BCUT2D eigenvalue weighted by Crippen LogP contribution is 2.34. The van der Waals surface area contributed by atoms with E-state index in [0.29, 0.717) is 10.1 Å². The van der Waals surface area contributed by atoms with Gasteiger partial charge in [0.2, 0.25) is 0 Å². The molecule has 0 saturated carbocycles. The van der Waals surface area contributed by atoms with E-state index in [2.05, 4.69) is 32.6 Å². The molecule has 176 valence electrons. The minimum atomic E-state index is -4.79. The van der Waals surface area contributed by atoms with E-state index in [1.807, 2.05) is 0 Å². The fourth-order valence-electron chi connectivity index (χ4n) is 2.85. The first kappa shape index (κ1) is 24.5. The minimum absolute atomic E-state index is 0.0776. The van der Waals surface area contributed by atoms with E-state index in [-0.39, 0.29) is 28.3 Å². The highest BCUT2D eigenvalue weighted by Gasteiger charge is 2.36. The van der Waals surface area contributed by atoms with Crippen molar-refractivity contribution in [2.45, 2.75) is 12.4 Å². The second kappa shape index (κ2) is 9.40. The molecule has 4 rings (SSSR count). The Balaban J connectivity index is 0.00000158. The van der Waals surface area contributed by atoms with Crippen molar-refractivity contribution in [2.24, 2.45) is 5.73 Å². The van der Waals surface area contributed by atoms with Gasteiger partial charge in [0.25, 0.3) is 0 Å². The summed E-state index contributed by atoms with van der Waals surface area (Å²) in [5.41, 5.74) is 8.22. The van der Waals surface area contributed by atoms with E-state index >= 15 is 0 Å². The molecule has 0 saturated heterocycles. The van der Waals surface area contributed by atoms with Gasteiger partial charge in [0.1, 0.15) is 5.82 Å². The summed E-state index contributed by atoms with van der Waals surface area (Å²) in [6.45, 7) is 0. The van der Waals surface area contributed by atoms with Crippen molar-refractivity contribution in [1.82, 2.24) is 19.6 Å². The van der Waals surface area contributed by atoms with E-state index in [9.17, 15) is 26.3 Å². The molecule has 4 N–H and O–H groups in total. The van der Waals surface area contributed by atoms with E-state index in [0.717, 1.165) is 36.5 Å². The fraction of sp³-hybridized carbons (Fsp3) is 0.136. The summed E-state index contributed by atoms with van der Waals surface area (Å²) >= 11 is 0. The third-order valence-corrected chi connectivity index (χ3v) is 4.40. The third-order valence-electron chi connectivity index (χ3n) is 4.40. The highest BCUT2D eigenvalue weighted by molar-refractivity contribution is 5.67. The van der Waals surface area contributed by atoms with Crippen molar-refractivity contribution >= 4 is 11.5 Å². The molecule has 0 aliphatic rings. The van der Waals surface area contributed by atoms with Gasteiger partial charge in [-0.1, -0.05) is 24.0 Å². The van der Waals surface area contributed by atoms with Gasteiger partial charge in [-0.05, 0) is 37.4 Å². The summed E-state index contributed by atoms with van der Waals surface area (Å²) < 4.78 is 79.9. The average Bonchev–Trinajstić information content (AvgIpc) is 3.21. The van der Waals surface area contributed by atoms with Crippen LogP contribution in [0.1, 0.15) is 22.4 Å². The lowest BCUT2D eigenvalue weighted by molar-refractivity contribution is -0.142. The molecule has 0 atom stereocenters. The molecule has 0 spiro atoms. The number of hydrogen-bond donors (Lipinski definition) is 2. The van der Waals surface area contributed by atoms with Crippen molar-refractivity contribution in [2.75, 3.05) is 12.8 Å². The summed E-state index contributed by atoms with van der Waals surface area (Å²) in [5.74, 6) is 5.72. The number of nitrogens with zero attached hydrogens (tertiary/aromatic N) is 4. The number of nitrogen functional groups attached to an aromatic ring is 1. The molecule has 0 bridgehead atoms. The summed E-state index contributed by atoms with van der Waals surface area (Å²) in [6, 6.07) is 7.50. The predicted octanol–water partition coefficient (Wildman–Crippen LogP) is 4.39. The molecule has 0 fully saturated rings. The number of alkyl halides is 6. The number of nitrogens with two attached hydrogens (primary N) is 2. The first-order valence-corrected chi connectivity index (χ1v) is 9.47. The van der Waals surface area contributed by atoms with E-state index < -0.39 is 23.6 Å². The van der Waals surface area contributed by atoms with E-state index in [4.69, 9.17) is 5.73 Å². The number of anilines is 1. The Hall–Kier alpha value is -4.11. The molecular formula is C22H16F6N6. The summed E-state index contributed by atoms with van der Waals surface area (Å²) in [6.07, 6.45) is -6.83. The SMILES string of the molecule is CN.Nc1ccc(C#Cc2cnn3c(C(F)(F)F)cc(-c4ccc(C(F)(F)F)cc4)nc23)cn1. The first-order valence-electron chi connectivity index (χ1n) is 9.47. The number of aromatic nitrogens is 4. The third kappa shape index (κ3) is 5.26. The zero-order chi connectivity index (χ0) is 25.1. The maximum atomic E-state index is 13.6. The van der Waals surface area contributed by atoms with Crippen LogP contribution in [0.4, 0.5) is 32.2 Å². The number of rotatable bonds is 1. The number of fused-ring (bicyclic) bond motifs is 1. The fourth-order valence-corrected chi connectivity index (χ4v) is 2.85. The zero-order valence-corrected chi connectivity index (χ0v) is 17.4. The molecule has 12 heteroatoms. The maximum absolute atomic E-state index is 13.6. The van der Waals surface area contributed by atoms with Crippen LogP contribution in [0.2, 0.25) is 0 Å². The Morgan fingerprint density at radius 1 is 0.853 bits per heavy atom. The van der Waals surface area contributed by atoms with Gasteiger partial charge < -0.3 is 11.5 Å². The molecule has 1 aromatic carbocycles. The summed E-state index contributed by atoms with van der Waals surface area (Å²) in [5, 5.41) is 3.74. The lowest BCUT2D eigenvalue weighted by Crippen LogP contribution is -2.13. The normalized spacial score (nSPS) is 11.4. The number of halogens is 6. The number of benzene rings is 1. The molecule has 0 aliphatic carbocycles. The molecular weight excluding hydrogens is 462 g/mol. The first-order chi connectivity index (χ1) is 16.0. The van der Waals surface area contributed by atoms with Crippen molar-refractivity contribution in [3.8, 4) is 23.1 Å². The van der Waals surface area contributed by atoms with Gasteiger partial charge >= 0.3 is 12.4 Å². The molecule has 0 radical (unpaired) electrons. The molecule has 6 nitrogen and oxygen atoms in total. The van der Waals surface area contributed by atoms with Gasteiger partial charge in [-0.2, -0.15) is 31.4 Å². The Labute approximate surface area is 189 Å². The lowest BCUT2D eigenvalue weighted by atomic mass is 10.1. The van der Waals surface area contributed by atoms with Crippen LogP contribution in [0.5, 0.6) is 0 Å². The topological polar surface area (TPSA) is 95.1 Å². The van der Waals surface area contributed by atoms with Crippen LogP contribution in [0, 0.1) is 11.8 Å². The standard InChI is InChI=1S/C21H11F6N5.CH5N/c22-20(23,24)15-6-4-13(5-7-15)16-9-17(21(25,26)27)32-19(31-16)14(11-30-32)3-1-12-2-8-18(28)29-10-12;1-2/h2,4-11H,(H2,28,29);2H2,1H3. The summed E-state index contributed by atoms with van der Waals surface area (Å²) in [7, 11) is 1.50. The second-order valence-corrected chi connectivity index (χ2v) is 6.61. The number of hydrogen-bond acceptors (Lipinski definition) is 5. The van der Waals surface area contributed by atoms with Gasteiger partial charge in [0, 0.05) is 17.3 Å². The molecule has 3 heterocycles. The molecule has 0 aliphatic heterocycles. The minimum Gasteiger partial charge on any atom is -0.384 e. The Morgan fingerprint density at radius 2 is 1.53 bits per heavy atom. The predicted molar refractivity (Wildman–Crippen MR) is 113 cm³/mol. The van der Waals surface area contributed by atoms with Crippen LogP contribution >= 0.6 is 0 Å². The van der Waals surface area contributed by atoms with Crippen LogP contribution < -0.4 is 11.5 Å². The zero-order valence-electron chi connectivity index (χ0n) is 17.4. The molecule has 34 heavy (non-hydrogen) atoms. The maximum Gasteiger partial charge on any atom is 0.433 e. The quantitative estimate of drug-likeness (QED) is 0.313. The number of pyridine rings is 1. The van der Waals surface area contributed by atoms with Gasteiger partial charge in [-0.25, -0.2) is 14.5 Å². The van der Waals surface area contributed by atoms with Crippen molar-refractivity contribution < 1.29 is 26.3 Å². The average molecular weight is 478 g/mol. The van der Waals surface area contributed by atoms with Crippen LogP contribution in [-0.2, 0) is 12.4 Å². The Morgan fingerprint density at radius 3 is 2.09 bits per heavy atom. The second-order valence-electron chi connectivity index (χ2n) is 6.61. The largest absolute Gasteiger partial charge is 0.433 e. The van der Waals surface area contributed by atoms with Crippen LogP contribution in [0.3, 0.4) is 0 Å². The van der Waals surface area contributed by atoms with Crippen molar-refractivity contribution in [1.29, 1.82) is 0 Å². The van der Waals surface area contributed by atoms with Gasteiger partial charge in [0.15, 0.2) is 11.3 Å². The van der Waals surface area contributed by atoms with Gasteiger partial charge in [-0.15, -0.1) is 0 Å². The summed E-state index contributed by atoms with van der Waals surface area (Å²) in [4.78, 5) is 8.05. The monoisotopic (exact) mass is 478 g/mol. The van der Waals surface area contributed by atoms with Gasteiger partial charge in [-0.3, -0.25) is 0 Å². The highest BCUT2D eigenvalue weighted by atomic mass is 19.4. The van der Waals surface area contributed by atoms with Crippen molar-refractivity contribution in [3.63, 3.8) is 0 Å². The van der Waals surface area contributed by atoms with Crippen molar-refractivity contribution in [3.05, 3.63) is 77.2 Å². The Bertz CT molecular complexity index is 1340.